The number of carbonyl (C=O) groups excluding carboxylic acids is 2. The van der Waals surface area contributed by atoms with Crippen molar-refractivity contribution in [2.45, 2.75) is 30.8 Å². The van der Waals surface area contributed by atoms with Crippen LogP contribution < -0.4 is 19.7 Å². The molecular weight excluding hydrogens is 506 g/mol. The number of sulfonamides is 1. The Kier molecular flexibility index (Phi) is 8.65. The zero-order valence-electron chi connectivity index (χ0n) is 21.3. The summed E-state index contributed by atoms with van der Waals surface area (Å²) in [5.41, 5.74) is 1.66. The van der Waals surface area contributed by atoms with Gasteiger partial charge in [0, 0.05) is 13.2 Å². The number of hydrogen-bond donors (Lipinski definition) is 2. The summed E-state index contributed by atoms with van der Waals surface area (Å²) in [5, 5.41) is 5.56. The Morgan fingerprint density at radius 3 is 2.45 bits per heavy atom. The highest BCUT2D eigenvalue weighted by Crippen LogP contribution is 2.32. The van der Waals surface area contributed by atoms with Crippen LogP contribution in [-0.2, 0) is 19.6 Å². The quantitative estimate of drug-likeness (QED) is 0.407. The maximum atomic E-state index is 13.7. The average molecular weight is 538 g/mol. The normalized spacial score (nSPS) is 15.1. The Morgan fingerprint density at radius 2 is 1.74 bits per heavy atom. The molecule has 0 spiro atoms. The van der Waals surface area contributed by atoms with Gasteiger partial charge >= 0.3 is 0 Å². The third-order valence-corrected chi connectivity index (χ3v) is 7.98. The van der Waals surface area contributed by atoms with Crippen molar-refractivity contribution in [2.24, 2.45) is 0 Å². The first-order valence-electron chi connectivity index (χ1n) is 12.3. The van der Waals surface area contributed by atoms with Crippen molar-refractivity contribution in [3.63, 3.8) is 0 Å². The third kappa shape index (κ3) is 6.32. The van der Waals surface area contributed by atoms with Crippen LogP contribution in [0.3, 0.4) is 0 Å². The van der Waals surface area contributed by atoms with Crippen LogP contribution in [0, 0.1) is 6.92 Å². The van der Waals surface area contributed by atoms with Gasteiger partial charge in [-0.25, -0.2) is 8.42 Å². The molecular formula is C28H31N3O6S. The number of nitrogens with zero attached hydrogens (tertiary/aromatic N) is 1. The van der Waals surface area contributed by atoms with E-state index in [9.17, 15) is 18.0 Å². The molecule has 2 N–H and O–H groups in total. The van der Waals surface area contributed by atoms with Crippen molar-refractivity contribution in [3.8, 4) is 5.75 Å². The fourth-order valence-corrected chi connectivity index (χ4v) is 5.62. The fourth-order valence-electron chi connectivity index (χ4n) is 4.19. The molecule has 4 rings (SSSR count). The van der Waals surface area contributed by atoms with Crippen molar-refractivity contribution >= 4 is 33.2 Å². The lowest BCUT2D eigenvalue weighted by atomic mass is 10.1. The maximum Gasteiger partial charge on any atom is 0.264 e. The van der Waals surface area contributed by atoms with Gasteiger partial charge in [0.15, 0.2) is 0 Å². The molecule has 1 saturated heterocycles. The molecule has 3 aromatic carbocycles. The summed E-state index contributed by atoms with van der Waals surface area (Å²) in [7, 11) is -2.70. The first-order valence-corrected chi connectivity index (χ1v) is 13.7. The van der Waals surface area contributed by atoms with E-state index in [4.69, 9.17) is 9.47 Å². The maximum absolute atomic E-state index is 13.7. The predicted molar refractivity (Wildman–Crippen MR) is 145 cm³/mol. The van der Waals surface area contributed by atoms with E-state index >= 15 is 0 Å². The predicted octanol–water partition coefficient (Wildman–Crippen LogP) is 3.75. The zero-order chi connectivity index (χ0) is 27.1. The molecule has 200 valence electrons. The second-order valence-corrected chi connectivity index (χ2v) is 10.8. The number of rotatable bonds is 10. The average Bonchev–Trinajstić information content (AvgIpc) is 3.45. The first-order chi connectivity index (χ1) is 18.3. The molecule has 1 fully saturated rings. The molecule has 0 radical (unpaired) electrons. The Morgan fingerprint density at radius 1 is 1.03 bits per heavy atom. The number of nitrogens with one attached hydrogen (secondary N) is 2. The van der Waals surface area contributed by atoms with Gasteiger partial charge in [-0.15, -0.1) is 0 Å². The number of benzene rings is 3. The number of aryl methyl sites for hydroxylation is 1. The molecule has 3 aromatic rings. The van der Waals surface area contributed by atoms with E-state index in [-0.39, 0.29) is 33.8 Å². The Labute approximate surface area is 222 Å². The van der Waals surface area contributed by atoms with Gasteiger partial charge in [-0.3, -0.25) is 13.9 Å². The van der Waals surface area contributed by atoms with Gasteiger partial charge < -0.3 is 20.1 Å². The van der Waals surface area contributed by atoms with E-state index in [2.05, 4.69) is 10.6 Å². The monoisotopic (exact) mass is 537 g/mol. The third-order valence-electron chi connectivity index (χ3n) is 6.21. The number of anilines is 2. The van der Waals surface area contributed by atoms with Crippen molar-refractivity contribution < 1.29 is 27.5 Å². The van der Waals surface area contributed by atoms with Gasteiger partial charge in [-0.1, -0.05) is 42.0 Å². The van der Waals surface area contributed by atoms with Crippen molar-refractivity contribution in [3.05, 3.63) is 83.9 Å². The van der Waals surface area contributed by atoms with Crippen molar-refractivity contribution in [2.75, 3.05) is 36.4 Å². The number of para-hydroxylation sites is 3. The van der Waals surface area contributed by atoms with Gasteiger partial charge in [0.1, 0.15) is 12.3 Å². The minimum absolute atomic E-state index is 0.0258. The van der Waals surface area contributed by atoms with Crippen LogP contribution in [0.15, 0.2) is 77.7 Å². The lowest BCUT2D eigenvalue weighted by Crippen LogP contribution is -2.39. The highest BCUT2D eigenvalue weighted by molar-refractivity contribution is 7.92. The van der Waals surface area contributed by atoms with Crippen LogP contribution >= 0.6 is 0 Å². The van der Waals surface area contributed by atoms with E-state index in [1.54, 1.807) is 60.7 Å². The van der Waals surface area contributed by atoms with Crippen LogP contribution in [0.25, 0.3) is 0 Å². The molecule has 0 aliphatic carbocycles. The molecule has 1 aliphatic rings. The van der Waals surface area contributed by atoms with Gasteiger partial charge in [-0.05, 0) is 56.2 Å². The lowest BCUT2D eigenvalue weighted by Gasteiger charge is -2.26. The summed E-state index contributed by atoms with van der Waals surface area (Å²) in [6.45, 7) is 2.37. The number of ether oxygens (including phenoxy) is 2. The molecule has 1 atom stereocenters. The standard InChI is InChI=1S/C28H31N3O6S/c1-20-13-15-22(16-14-20)38(34,35)31(25-11-5-6-12-26(25)36-2)19-27(32)30-24-10-4-3-9-23(24)28(33)29-18-21-8-7-17-37-21/h3-6,9-16,21H,7-8,17-19H2,1-2H3,(H,29,33)(H,30,32)/t21-/m1/s1. The summed E-state index contributed by atoms with van der Waals surface area (Å²) in [6.07, 6.45) is 1.82. The Balaban J connectivity index is 1.58. The SMILES string of the molecule is COc1ccccc1N(CC(=O)Nc1ccccc1C(=O)NC[C@H]1CCCO1)S(=O)(=O)c1ccc(C)cc1. The second kappa shape index (κ2) is 12.1. The highest BCUT2D eigenvalue weighted by Gasteiger charge is 2.30. The van der Waals surface area contributed by atoms with Gasteiger partial charge in [-0.2, -0.15) is 0 Å². The minimum atomic E-state index is -4.14. The van der Waals surface area contributed by atoms with Crippen molar-refractivity contribution in [1.82, 2.24) is 5.32 Å². The van der Waals surface area contributed by atoms with Crippen molar-refractivity contribution in [1.29, 1.82) is 0 Å². The van der Waals surface area contributed by atoms with Gasteiger partial charge in [0.2, 0.25) is 5.91 Å². The number of carbonyl (C=O) groups is 2. The summed E-state index contributed by atoms with van der Waals surface area (Å²) >= 11 is 0. The molecule has 1 aliphatic heterocycles. The van der Waals surface area contributed by atoms with E-state index in [0.717, 1.165) is 22.7 Å². The summed E-state index contributed by atoms with van der Waals surface area (Å²) in [6, 6.07) is 19.5. The Bertz CT molecular complexity index is 1390. The molecule has 2 amide bonds. The molecule has 10 heteroatoms. The summed E-state index contributed by atoms with van der Waals surface area (Å²) in [4.78, 5) is 26.2. The molecule has 0 unspecified atom stereocenters. The summed E-state index contributed by atoms with van der Waals surface area (Å²) < 4.78 is 39.4. The highest BCUT2D eigenvalue weighted by atomic mass is 32.2. The van der Waals surface area contributed by atoms with Crippen LogP contribution in [0.1, 0.15) is 28.8 Å². The lowest BCUT2D eigenvalue weighted by molar-refractivity contribution is -0.114. The molecule has 0 saturated carbocycles. The summed E-state index contributed by atoms with van der Waals surface area (Å²) in [5.74, 6) is -0.680. The van der Waals surface area contributed by atoms with Gasteiger partial charge in [0.05, 0.1) is 35.0 Å². The Hall–Kier alpha value is -3.89. The topological polar surface area (TPSA) is 114 Å². The largest absolute Gasteiger partial charge is 0.495 e. The zero-order valence-corrected chi connectivity index (χ0v) is 22.2. The van der Waals surface area contributed by atoms with E-state index < -0.39 is 22.5 Å². The van der Waals surface area contributed by atoms with Crippen LogP contribution in [0.5, 0.6) is 5.75 Å². The molecule has 0 aromatic heterocycles. The van der Waals surface area contributed by atoms with Crippen LogP contribution in [0.2, 0.25) is 0 Å². The fraction of sp³-hybridized carbons (Fsp3) is 0.286. The molecule has 1 heterocycles. The minimum Gasteiger partial charge on any atom is -0.495 e. The second-order valence-electron chi connectivity index (χ2n) is 8.94. The molecule has 0 bridgehead atoms. The first kappa shape index (κ1) is 27.2. The molecule has 9 nitrogen and oxygen atoms in total. The number of amides is 2. The van der Waals surface area contributed by atoms with E-state index in [0.29, 0.717) is 18.9 Å². The number of methoxy groups -OCH3 is 1. The van der Waals surface area contributed by atoms with Gasteiger partial charge in [0.25, 0.3) is 15.9 Å². The smallest absolute Gasteiger partial charge is 0.264 e. The number of hydrogen-bond acceptors (Lipinski definition) is 6. The van der Waals surface area contributed by atoms with E-state index in [1.165, 1.54) is 19.2 Å². The molecule has 38 heavy (non-hydrogen) atoms. The van der Waals surface area contributed by atoms with Crippen LogP contribution in [-0.4, -0.2) is 53.1 Å². The van der Waals surface area contributed by atoms with E-state index in [1.807, 2.05) is 6.92 Å². The van der Waals surface area contributed by atoms with Crippen LogP contribution in [0.4, 0.5) is 11.4 Å².